The monoisotopic (exact) mass is 394 g/mol. The van der Waals surface area contributed by atoms with Crippen molar-refractivity contribution in [2.24, 2.45) is 0 Å². The lowest BCUT2D eigenvalue weighted by Crippen LogP contribution is -2.12. The molecule has 146 valence electrons. The number of carbonyl (C=O) groups excluding carboxylic acids is 1. The number of hydrogen-bond acceptors (Lipinski definition) is 5. The van der Waals surface area contributed by atoms with Crippen molar-refractivity contribution < 1.29 is 4.79 Å². The summed E-state index contributed by atoms with van der Waals surface area (Å²) >= 11 is 0. The molecule has 1 N–H and O–H groups in total. The predicted octanol–water partition coefficient (Wildman–Crippen LogP) is 4.23. The predicted molar refractivity (Wildman–Crippen MR) is 116 cm³/mol. The van der Waals surface area contributed by atoms with Gasteiger partial charge < -0.3 is 5.32 Å². The molecule has 0 aliphatic rings. The summed E-state index contributed by atoms with van der Waals surface area (Å²) in [5.74, 6) is 0.591. The summed E-state index contributed by atoms with van der Waals surface area (Å²) in [6, 6.07) is 19.0. The van der Waals surface area contributed by atoms with Gasteiger partial charge in [-0.2, -0.15) is 0 Å². The van der Waals surface area contributed by atoms with E-state index < -0.39 is 0 Å². The van der Waals surface area contributed by atoms with Crippen molar-refractivity contribution in [3.05, 3.63) is 83.9 Å². The van der Waals surface area contributed by atoms with E-state index in [2.05, 4.69) is 25.5 Å². The van der Waals surface area contributed by atoms with Gasteiger partial charge in [0.15, 0.2) is 0 Å². The molecule has 0 fully saturated rings. The van der Waals surface area contributed by atoms with Gasteiger partial charge in [0, 0.05) is 22.3 Å². The van der Waals surface area contributed by atoms with Gasteiger partial charge in [0.2, 0.25) is 5.65 Å². The van der Waals surface area contributed by atoms with Gasteiger partial charge in [-0.25, -0.2) is 4.98 Å². The van der Waals surface area contributed by atoms with Crippen molar-refractivity contribution in [1.82, 2.24) is 24.7 Å². The van der Waals surface area contributed by atoms with E-state index in [-0.39, 0.29) is 5.91 Å². The second kappa shape index (κ2) is 7.04. The van der Waals surface area contributed by atoms with Crippen molar-refractivity contribution >= 4 is 33.7 Å². The van der Waals surface area contributed by atoms with E-state index in [0.29, 0.717) is 22.4 Å². The molecule has 0 unspecified atom stereocenters. The average molecular weight is 394 g/mol. The number of fused-ring (bicyclic) bond motifs is 3. The summed E-state index contributed by atoms with van der Waals surface area (Å²) in [6.07, 6.45) is 1.64. The Labute approximate surface area is 172 Å². The number of nitrogens with zero attached hydrogens (tertiary/aromatic N) is 5. The third-order valence-corrected chi connectivity index (χ3v) is 4.98. The van der Waals surface area contributed by atoms with E-state index in [0.717, 1.165) is 28.1 Å². The number of rotatable bonds is 3. The van der Waals surface area contributed by atoms with Crippen LogP contribution in [0.1, 0.15) is 21.9 Å². The van der Waals surface area contributed by atoms with E-state index >= 15 is 0 Å². The highest BCUT2D eigenvalue weighted by Crippen LogP contribution is 2.27. The molecule has 5 rings (SSSR count). The molecule has 3 heterocycles. The normalized spacial score (nSPS) is 11.1. The standard InChI is InChI=1S/C23H18N6O/c1-14-8-10-17(13-24-14)26-23(30)16-9-11-20-19(12-16)21-22(28-27-20)25-15(2)29(21)18-6-4-3-5-7-18/h3-13H,1-2H3,(H,26,30). The SMILES string of the molecule is Cc1ccc(NC(=O)c2ccc3nnc4nc(C)n(-c5ccccc5)c4c3c2)cn1. The first-order chi connectivity index (χ1) is 14.6. The molecule has 1 amide bonds. The van der Waals surface area contributed by atoms with Crippen LogP contribution in [0.5, 0.6) is 0 Å². The van der Waals surface area contributed by atoms with Gasteiger partial charge >= 0.3 is 0 Å². The highest BCUT2D eigenvalue weighted by atomic mass is 16.1. The van der Waals surface area contributed by atoms with E-state index in [9.17, 15) is 4.79 Å². The van der Waals surface area contributed by atoms with E-state index in [1.54, 1.807) is 12.3 Å². The van der Waals surface area contributed by atoms with Crippen LogP contribution >= 0.6 is 0 Å². The van der Waals surface area contributed by atoms with E-state index in [1.165, 1.54) is 0 Å². The minimum Gasteiger partial charge on any atom is -0.321 e. The fourth-order valence-corrected chi connectivity index (χ4v) is 3.52. The Morgan fingerprint density at radius 1 is 0.967 bits per heavy atom. The van der Waals surface area contributed by atoms with E-state index in [1.807, 2.05) is 73.0 Å². The van der Waals surface area contributed by atoms with Crippen LogP contribution in [-0.4, -0.2) is 30.6 Å². The van der Waals surface area contributed by atoms with Crippen LogP contribution in [0, 0.1) is 13.8 Å². The van der Waals surface area contributed by atoms with Gasteiger partial charge in [-0.3, -0.25) is 14.3 Å². The summed E-state index contributed by atoms with van der Waals surface area (Å²) < 4.78 is 2.04. The number of benzene rings is 2. The molecule has 2 aromatic carbocycles. The number of para-hydroxylation sites is 1. The largest absolute Gasteiger partial charge is 0.321 e. The van der Waals surface area contributed by atoms with Crippen molar-refractivity contribution in [3.63, 3.8) is 0 Å². The first kappa shape index (κ1) is 17.9. The Kier molecular flexibility index (Phi) is 4.21. The molecule has 0 bridgehead atoms. The van der Waals surface area contributed by atoms with Gasteiger partial charge in [-0.05, 0) is 56.3 Å². The topological polar surface area (TPSA) is 85.6 Å². The zero-order valence-electron chi connectivity index (χ0n) is 16.5. The average Bonchev–Trinajstić information content (AvgIpc) is 3.12. The molecule has 0 aliphatic carbocycles. The maximum absolute atomic E-state index is 12.8. The van der Waals surface area contributed by atoms with Gasteiger partial charge in [0.1, 0.15) is 11.3 Å². The molecule has 5 aromatic rings. The number of pyridine rings is 1. The minimum absolute atomic E-state index is 0.213. The van der Waals surface area contributed by atoms with Gasteiger partial charge in [-0.15, -0.1) is 10.2 Å². The Balaban J connectivity index is 1.65. The first-order valence-electron chi connectivity index (χ1n) is 9.55. The number of aryl methyl sites for hydroxylation is 2. The summed E-state index contributed by atoms with van der Waals surface area (Å²) in [4.78, 5) is 21.6. The molecule has 30 heavy (non-hydrogen) atoms. The quantitative estimate of drug-likeness (QED) is 0.495. The number of nitrogens with one attached hydrogen (secondary N) is 1. The van der Waals surface area contributed by atoms with Crippen LogP contribution in [0.2, 0.25) is 0 Å². The number of carbonyl (C=O) groups is 1. The van der Waals surface area contributed by atoms with Crippen molar-refractivity contribution in [1.29, 1.82) is 0 Å². The summed E-state index contributed by atoms with van der Waals surface area (Å²) in [5, 5.41) is 12.3. The number of hydrogen-bond donors (Lipinski definition) is 1. The second-order valence-corrected chi connectivity index (χ2v) is 7.08. The molecular weight excluding hydrogens is 376 g/mol. The fourth-order valence-electron chi connectivity index (χ4n) is 3.52. The molecular formula is C23H18N6O. The Morgan fingerprint density at radius 2 is 1.80 bits per heavy atom. The number of imidazole rings is 1. The molecule has 0 saturated heterocycles. The second-order valence-electron chi connectivity index (χ2n) is 7.08. The Morgan fingerprint density at radius 3 is 2.57 bits per heavy atom. The van der Waals surface area contributed by atoms with Crippen molar-refractivity contribution in [3.8, 4) is 5.69 Å². The van der Waals surface area contributed by atoms with Crippen LogP contribution in [0.15, 0.2) is 66.9 Å². The van der Waals surface area contributed by atoms with Crippen LogP contribution in [0.25, 0.3) is 27.8 Å². The lowest BCUT2D eigenvalue weighted by molar-refractivity contribution is 0.102. The molecule has 7 nitrogen and oxygen atoms in total. The van der Waals surface area contributed by atoms with Gasteiger partial charge in [0.25, 0.3) is 5.91 Å². The number of amides is 1. The van der Waals surface area contributed by atoms with Crippen LogP contribution in [0.3, 0.4) is 0 Å². The number of anilines is 1. The number of aromatic nitrogens is 5. The van der Waals surface area contributed by atoms with Crippen LogP contribution in [0.4, 0.5) is 5.69 Å². The highest BCUT2D eigenvalue weighted by molar-refractivity contribution is 6.09. The molecule has 0 aliphatic heterocycles. The molecule has 0 saturated carbocycles. The molecule has 3 aromatic heterocycles. The third kappa shape index (κ3) is 3.06. The molecule has 0 spiro atoms. The van der Waals surface area contributed by atoms with E-state index in [4.69, 9.17) is 0 Å². The summed E-state index contributed by atoms with van der Waals surface area (Å²) in [7, 11) is 0. The Hall–Kier alpha value is -4.13. The zero-order chi connectivity index (χ0) is 20.7. The highest BCUT2D eigenvalue weighted by Gasteiger charge is 2.16. The minimum atomic E-state index is -0.213. The zero-order valence-corrected chi connectivity index (χ0v) is 16.5. The van der Waals surface area contributed by atoms with Crippen molar-refractivity contribution in [2.75, 3.05) is 5.32 Å². The third-order valence-electron chi connectivity index (χ3n) is 4.98. The van der Waals surface area contributed by atoms with Gasteiger partial charge in [0.05, 0.1) is 17.4 Å². The maximum Gasteiger partial charge on any atom is 0.255 e. The summed E-state index contributed by atoms with van der Waals surface area (Å²) in [6.45, 7) is 3.83. The van der Waals surface area contributed by atoms with Crippen LogP contribution in [-0.2, 0) is 0 Å². The molecule has 7 heteroatoms. The lowest BCUT2D eigenvalue weighted by Gasteiger charge is -2.09. The fraction of sp³-hybridized carbons (Fsp3) is 0.0870. The Bertz CT molecular complexity index is 1390. The smallest absolute Gasteiger partial charge is 0.255 e. The summed E-state index contributed by atoms with van der Waals surface area (Å²) in [5.41, 5.74) is 5.12. The van der Waals surface area contributed by atoms with Crippen LogP contribution < -0.4 is 5.32 Å². The molecule has 0 radical (unpaired) electrons. The van der Waals surface area contributed by atoms with Crippen molar-refractivity contribution in [2.45, 2.75) is 13.8 Å². The maximum atomic E-state index is 12.8. The first-order valence-corrected chi connectivity index (χ1v) is 9.55. The lowest BCUT2D eigenvalue weighted by atomic mass is 10.1. The van der Waals surface area contributed by atoms with Gasteiger partial charge in [-0.1, -0.05) is 18.2 Å². The molecule has 0 atom stereocenters.